The molecule has 10 nitrogen and oxygen atoms in total. The molecular weight excluding hydrogens is 957 g/mol. The summed E-state index contributed by atoms with van der Waals surface area (Å²) in [7, 11) is 3.40. The number of para-hydroxylation sites is 1. The second-order valence-corrected chi connectivity index (χ2v) is 24.1. The van der Waals surface area contributed by atoms with E-state index in [9.17, 15) is 9.59 Å². The van der Waals surface area contributed by atoms with Crippen LogP contribution in [0.15, 0.2) is 134 Å². The van der Waals surface area contributed by atoms with E-state index in [1.807, 2.05) is 12.1 Å². The molecule has 2 amide bonds. The van der Waals surface area contributed by atoms with E-state index < -0.39 is 22.3 Å². The Balaban J connectivity index is 0.628. The van der Waals surface area contributed by atoms with Crippen LogP contribution >= 0.6 is 21.6 Å². The van der Waals surface area contributed by atoms with E-state index in [1.54, 1.807) is 21.6 Å². The van der Waals surface area contributed by atoms with Crippen molar-refractivity contribution in [3.63, 3.8) is 0 Å². The van der Waals surface area contributed by atoms with Crippen LogP contribution < -0.4 is 25.3 Å². The number of carbonyl (C=O) groups excluding carboxylic acids is 2. The number of aryl methyl sites for hydroxylation is 1. The van der Waals surface area contributed by atoms with Gasteiger partial charge in [-0.05, 0) is 121 Å². The minimum atomic E-state index is -0.673. The van der Waals surface area contributed by atoms with Crippen LogP contribution in [-0.2, 0) is 26.8 Å². The first-order valence-corrected chi connectivity index (χ1v) is 29.0. The standard InChI is InChI=1S/C62H66N6O4S2/c1-7-65-51-15-11-9-13-45(51)47-37-41(17-21-53(47)65)25-27-61-59(3,4)49-39-43(19-23-55(49)67(61)31-33-71-61)57(69)63-29-35-73-74-36-30-64-58(70)44-20-24-56-50(40-44)60(5,6)62(68(56)32-34-72-62)28-26-42-18-22-54-48(38-42)46-14-10-12-16-52(46)66(54)8-2/h9-28,37-40,45,51H,7-8,29-36H2,1-6H3,(H,63,69)(H,64,70)/b27-25+,28-26+. The second kappa shape index (κ2) is 18.9. The summed E-state index contributed by atoms with van der Waals surface area (Å²) in [6.07, 6.45) is 17.9. The van der Waals surface area contributed by atoms with Crippen LogP contribution in [0.2, 0.25) is 0 Å². The summed E-state index contributed by atoms with van der Waals surface area (Å²) < 4.78 is 15.8. The van der Waals surface area contributed by atoms with Crippen molar-refractivity contribution < 1.29 is 19.1 Å². The number of allylic oxidation sites excluding steroid dienone is 2. The Morgan fingerprint density at radius 3 is 1.80 bits per heavy atom. The molecule has 0 bridgehead atoms. The number of benzene rings is 5. The number of hydrogen-bond donors (Lipinski definition) is 2. The number of ether oxygens (including phenoxy) is 2. The summed E-state index contributed by atoms with van der Waals surface area (Å²) in [6, 6.07) is 34.8. The Labute approximate surface area is 443 Å². The second-order valence-electron chi connectivity index (χ2n) is 21.4. The fourth-order valence-electron chi connectivity index (χ4n) is 13.2. The summed E-state index contributed by atoms with van der Waals surface area (Å²) in [5.41, 5.74) is 11.1. The Bertz CT molecular complexity index is 3350. The molecule has 4 unspecified atom stereocenters. The molecule has 5 aliphatic heterocycles. The molecule has 2 N–H and O–H groups in total. The molecule has 6 aliphatic rings. The number of nitrogens with one attached hydrogen (secondary N) is 2. The van der Waals surface area contributed by atoms with Gasteiger partial charge in [0.1, 0.15) is 0 Å². The fourth-order valence-corrected chi connectivity index (χ4v) is 15.0. The maximum Gasteiger partial charge on any atom is 0.251 e. The summed E-state index contributed by atoms with van der Waals surface area (Å²) in [4.78, 5) is 34.4. The molecule has 12 heteroatoms. The summed E-state index contributed by atoms with van der Waals surface area (Å²) in [5.74, 6) is 1.69. The zero-order valence-electron chi connectivity index (χ0n) is 43.3. The molecule has 0 radical (unpaired) electrons. The smallest absolute Gasteiger partial charge is 0.251 e. The largest absolute Gasteiger partial charge is 0.364 e. The SMILES string of the molecule is CCN1c2ccc(/C=C/C34OCCN3c3ccc(C(=O)NCCSSCCNC(=O)c5ccc6c(c5)C(C)(C)C5(/C=C/c7ccc8c(c7)c7ccccc7n8CC)OCCN65)cc3C4(C)C)cc2C2C=CC=CC21. The van der Waals surface area contributed by atoms with Crippen molar-refractivity contribution in [2.75, 3.05) is 72.1 Å². The fraction of sp³-hybridized carbons (Fsp3) is 0.355. The lowest BCUT2D eigenvalue weighted by molar-refractivity contribution is 0.000267. The Morgan fingerprint density at radius 1 is 0.635 bits per heavy atom. The van der Waals surface area contributed by atoms with Crippen LogP contribution in [0, 0.1) is 0 Å². The van der Waals surface area contributed by atoms with Gasteiger partial charge in [0.15, 0.2) is 11.4 Å². The number of amides is 2. The topological polar surface area (TPSA) is 91.3 Å². The van der Waals surface area contributed by atoms with Crippen LogP contribution in [0.5, 0.6) is 0 Å². The number of aromatic nitrogens is 1. The molecule has 6 aromatic rings. The lowest BCUT2D eigenvalue weighted by Crippen LogP contribution is -2.51. The van der Waals surface area contributed by atoms with E-state index >= 15 is 0 Å². The predicted molar refractivity (Wildman–Crippen MR) is 308 cm³/mol. The highest BCUT2D eigenvalue weighted by molar-refractivity contribution is 8.76. The number of rotatable bonds is 15. The zero-order valence-corrected chi connectivity index (χ0v) is 45.0. The van der Waals surface area contributed by atoms with Crippen LogP contribution in [0.3, 0.4) is 0 Å². The van der Waals surface area contributed by atoms with Crippen molar-refractivity contribution in [3.05, 3.63) is 172 Å². The van der Waals surface area contributed by atoms with Crippen LogP contribution in [0.1, 0.15) is 96.0 Å². The van der Waals surface area contributed by atoms with E-state index in [4.69, 9.17) is 9.47 Å². The molecule has 74 heavy (non-hydrogen) atoms. The lowest BCUT2D eigenvalue weighted by atomic mass is 9.76. The number of likely N-dealkylation sites (N-methyl/N-ethyl adjacent to an activating group) is 1. The van der Waals surface area contributed by atoms with E-state index in [-0.39, 0.29) is 11.8 Å². The average molecular weight is 1020 g/mol. The zero-order chi connectivity index (χ0) is 51.0. The summed E-state index contributed by atoms with van der Waals surface area (Å²) in [6.45, 7) is 19.2. The van der Waals surface area contributed by atoms with Crippen molar-refractivity contribution in [1.29, 1.82) is 0 Å². The van der Waals surface area contributed by atoms with E-state index in [1.165, 1.54) is 33.1 Å². The molecule has 2 fully saturated rings. The van der Waals surface area contributed by atoms with Crippen molar-refractivity contribution in [1.82, 2.24) is 15.2 Å². The third kappa shape index (κ3) is 7.60. The normalized spacial score (nSPS) is 23.5. The molecule has 1 aromatic heterocycles. The highest BCUT2D eigenvalue weighted by Gasteiger charge is 2.60. The van der Waals surface area contributed by atoms with E-state index in [0.717, 1.165) is 71.3 Å². The van der Waals surface area contributed by atoms with Gasteiger partial charge in [-0.2, -0.15) is 0 Å². The Hall–Kier alpha value is -6.18. The van der Waals surface area contributed by atoms with Crippen LogP contribution in [0.4, 0.5) is 17.1 Å². The predicted octanol–water partition coefficient (Wildman–Crippen LogP) is 11.8. The van der Waals surface area contributed by atoms with Crippen LogP contribution in [0.25, 0.3) is 34.0 Å². The third-order valence-corrected chi connectivity index (χ3v) is 19.4. The number of anilines is 3. The van der Waals surface area contributed by atoms with E-state index in [0.29, 0.717) is 49.4 Å². The number of carbonyl (C=O) groups is 2. The highest BCUT2D eigenvalue weighted by atomic mass is 33.1. The molecule has 12 rings (SSSR count). The molecule has 5 aromatic carbocycles. The van der Waals surface area contributed by atoms with Crippen molar-refractivity contribution in [3.8, 4) is 0 Å². The van der Waals surface area contributed by atoms with Gasteiger partial charge in [0.2, 0.25) is 0 Å². The molecule has 6 heterocycles. The minimum absolute atomic E-state index is 0.0798. The first-order chi connectivity index (χ1) is 35.9. The summed E-state index contributed by atoms with van der Waals surface area (Å²) in [5, 5.41) is 8.81. The van der Waals surface area contributed by atoms with Crippen LogP contribution in [-0.4, -0.2) is 91.3 Å². The molecule has 0 saturated carbocycles. The van der Waals surface area contributed by atoms with Gasteiger partial charge in [0.25, 0.3) is 11.8 Å². The Kier molecular flexibility index (Phi) is 12.4. The molecular formula is C62H66N6O4S2. The third-order valence-electron chi connectivity index (χ3n) is 17.0. The van der Waals surface area contributed by atoms with Gasteiger partial charge >= 0.3 is 0 Å². The molecule has 4 atom stereocenters. The van der Waals surface area contributed by atoms with Crippen molar-refractivity contribution in [2.45, 2.75) is 82.3 Å². The molecule has 380 valence electrons. The van der Waals surface area contributed by atoms with Gasteiger partial charge in [0, 0.05) is 118 Å². The quantitative estimate of drug-likeness (QED) is 0.0771. The number of hydrogen-bond acceptors (Lipinski definition) is 9. The maximum absolute atomic E-state index is 13.6. The molecule has 2 saturated heterocycles. The first kappa shape index (κ1) is 48.7. The van der Waals surface area contributed by atoms with Gasteiger partial charge in [0.05, 0.1) is 19.3 Å². The number of nitrogens with zero attached hydrogens (tertiary/aromatic N) is 4. The van der Waals surface area contributed by atoms with Gasteiger partial charge in [-0.15, -0.1) is 0 Å². The van der Waals surface area contributed by atoms with Crippen molar-refractivity contribution in [2.24, 2.45) is 0 Å². The minimum Gasteiger partial charge on any atom is -0.364 e. The van der Waals surface area contributed by atoms with Gasteiger partial charge in [-0.1, -0.05) is 116 Å². The molecule has 0 spiro atoms. The Morgan fingerprint density at radius 2 is 1.19 bits per heavy atom. The number of fused-ring (bicyclic) bond motifs is 12. The monoisotopic (exact) mass is 1020 g/mol. The first-order valence-electron chi connectivity index (χ1n) is 26.5. The van der Waals surface area contributed by atoms with Gasteiger partial charge in [-0.3, -0.25) is 9.59 Å². The highest BCUT2D eigenvalue weighted by Crippen LogP contribution is 2.57. The van der Waals surface area contributed by atoms with Crippen molar-refractivity contribution >= 4 is 84.4 Å². The maximum atomic E-state index is 13.6. The lowest BCUT2D eigenvalue weighted by Gasteiger charge is -2.39. The molecule has 1 aliphatic carbocycles. The summed E-state index contributed by atoms with van der Waals surface area (Å²) >= 11 is 0. The van der Waals surface area contributed by atoms with E-state index in [2.05, 4.69) is 205 Å². The van der Waals surface area contributed by atoms with Gasteiger partial charge < -0.3 is 39.4 Å². The van der Waals surface area contributed by atoms with Gasteiger partial charge in [-0.25, -0.2) is 0 Å². The average Bonchev–Trinajstić information content (AvgIpc) is 4.25.